The number of rotatable bonds is 29. The lowest BCUT2D eigenvalue weighted by atomic mass is 9.95. The second-order valence-electron chi connectivity index (χ2n) is 11.8. The monoisotopic (exact) mass is 526 g/mol. The van der Waals surface area contributed by atoms with Crippen LogP contribution in [-0.2, 0) is 4.79 Å². The van der Waals surface area contributed by atoms with Gasteiger partial charge in [0.25, 0.3) is 0 Å². The fourth-order valence-electron chi connectivity index (χ4n) is 5.48. The highest BCUT2D eigenvalue weighted by atomic mass is 16.3. The van der Waals surface area contributed by atoms with Gasteiger partial charge in [0.2, 0.25) is 0 Å². The second-order valence-corrected chi connectivity index (χ2v) is 11.8. The molecule has 0 saturated carbocycles. The van der Waals surface area contributed by atoms with Gasteiger partial charge >= 0.3 is 0 Å². The maximum Gasteiger partial charge on any atom is 0.132 e. The molecular formula is C33H67NO3. The lowest BCUT2D eigenvalue weighted by Gasteiger charge is -2.27. The van der Waals surface area contributed by atoms with Gasteiger partial charge in [-0.1, -0.05) is 130 Å². The zero-order valence-corrected chi connectivity index (χ0v) is 25.7. The Labute approximate surface area is 232 Å². The second kappa shape index (κ2) is 27.1. The molecule has 3 atom stereocenters. The molecule has 0 rings (SSSR count). The average molecular weight is 526 g/mol. The Bertz CT molecular complexity index is 456. The first kappa shape index (κ1) is 36.5. The van der Waals surface area contributed by atoms with Crippen LogP contribution in [-0.4, -0.2) is 52.7 Å². The number of unbranched alkanes of at least 4 members (excludes halogenated alkanes) is 15. The van der Waals surface area contributed by atoms with Gasteiger partial charge in [0, 0.05) is 19.0 Å². The number of nitrogens with zero attached hydrogens (tertiary/aromatic N) is 1. The summed E-state index contributed by atoms with van der Waals surface area (Å²) in [4.78, 5) is 14.0. The Morgan fingerprint density at radius 1 is 0.568 bits per heavy atom. The highest BCUT2D eigenvalue weighted by Crippen LogP contribution is 2.16. The number of carbonyl (C=O) groups is 1. The van der Waals surface area contributed by atoms with E-state index < -0.39 is 0 Å². The molecule has 4 nitrogen and oxygen atoms in total. The van der Waals surface area contributed by atoms with Crippen LogP contribution in [0.15, 0.2) is 0 Å². The highest BCUT2D eigenvalue weighted by molar-refractivity contribution is 5.78. The van der Waals surface area contributed by atoms with Gasteiger partial charge in [-0.3, -0.25) is 9.69 Å². The summed E-state index contributed by atoms with van der Waals surface area (Å²) in [5.74, 6) is 0.495. The fraction of sp³-hybridized carbons (Fsp3) is 0.970. The highest BCUT2D eigenvalue weighted by Gasteiger charge is 2.17. The van der Waals surface area contributed by atoms with E-state index >= 15 is 0 Å². The van der Waals surface area contributed by atoms with Crippen LogP contribution in [0.5, 0.6) is 0 Å². The van der Waals surface area contributed by atoms with E-state index in [9.17, 15) is 15.0 Å². The third-order valence-corrected chi connectivity index (χ3v) is 8.06. The van der Waals surface area contributed by atoms with Crippen molar-refractivity contribution < 1.29 is 15.0 Å². The summed E-state index contributed by atoms with van der Waals surface area (Å²) >= 11 is 0. The van der Waals surface area contributed by atoms with Crippen molar-refractivity contribution in [1.82, 2.24) is 4.90 Å². The number of Topliss-reactive ketones (excluding diaryl/α,β-unsaturated/α-hetero) is 1. The molecule has 2 N–H and O–H groups in total. The normalized spacial score (nSPS) is 14.2. The molecule has 0 aliphatic rings. The zero-order valence-electron chi connectivity index (χ0n) is 25.7. The van der Waals surface area contributed by atoms with Crippen LogP contribution in [0.25, 0.3) is 0 Å². The SMILES string of the molecule is CCCCCCCCCCC(O)CN(CCCC[C@H](CC)C(C)=O)CC(O)CCCCCCCCCC. The Kier molecular flexibility index (Phi) is 26.8. The van der Waals surface area contributed by atoms with Crippen molar-refractivity contribution in [3.8, 4) is 0 Å². The molecule has 0 aliphatic carbocycles. The molecule has 0 heterocycles. The first-order valence-corrected chi connectivity index (χ1v) is 16.5. The Morgan fingerprint density at radius 2 is 0.946 bits per heavy atom. The van der Waals surface area contributed by atoms with Crippen LogP contribution >= 0.6 is 0 Å². The third kappa shape index (κ3) is 24.3. The van der Waals surface area contributed by atoms with Crippen molar-refractivity contribution in [2.75, 3.05) is 19.6 Å². The van der Waals surface area contributed by atoms with Crippen LogP contribution in [0.3, 0.4) is 0 Å². The molecular weight excluding hydrogens is 458 g/mol. The van der Waals surface area contributed by atoms with Gasteiger partial charge in [-0.2, -0.15) is 0 Å². The molecule has 0 saturated heterocycles. The zero-order chi connectivity index (χ0) is 27.6. The largest absolute Gasteiger partial charge is 0.392 e. The van der Waals surface area contributed by atoms with E-state index in [2.05, 4.69) is 25.7 Å². The van der Waals surface area contributed by atoms with Crippen molar-refractivity contribution in [1.29, 1.82) is 0 Å². The van der Waals surface area contributed by atoms with Gasteiger partial charge in [0.1, 0.15) is 5.78 Å². The molecule has 0 aromatic carbocycles. The Morgan fingerprint density at radius 3 is 1.32 bits per heavy atom. The van der Waals surface area contributed by atoms with Gasteiger partial charge in [0.15, 0.2) is 0 Å². The minimum Gasteiger partial charge on any atom is -0.392 e. The predicted molar refractivity (Wildman–Crippen MR) is 161 cm³/mol. The maximum atomic E-state index is 11.7. The van der Waals surface area contributed by atoms with Crippen molar-refractivity contribution in [3.63, 3.8) is 0 Å². The predicted octanol–water partition coefficient (Wildman–Crippen LogP) is 8.86. The molecule has 0 aromatic rings. The number of carbonyl (C=O) groups excluding carboxylic acids is 1. The van der Waals surface area contributed by atoms with Crippen molar-refractivity contribution in [2.45, 2.75) is 181 Å². The van der Waals surface area contributed by atoms with Gasteiger partial charge in [0.05, 0.1) is 12.2 Å². The number of aliphatic hydroxyl groups is 2. The summed E-state index contributed by atoms with van der Waals surface area (Å²) in [6, 6.07) is 0. The number of aliphatic hydroxyl groups excluding tert-OH is 2. The molecule has 222 valence electrons. The average Bonchev–Trinajstić information content (AvgIpc) is 2.86. The molecule has 4 heteroatoms. The lowest BCUT2D eigenvalue weighted by Crippen LogP contribution is -2.38. The van der Waals surface area contributed by atoms with Crippen molar-refractivity contribution in [2.24, 2.45) is 5.92 Å². The van der Waals surface area contributed by atoms with Crippen LogP contribution in [0.1, 0.15) is 169 Å². The molecule has 37 heavy (non-hydrogen) atoms. The minimum absolute atomic E-state index is 0.188. The summed E-state index contributed by atoms with van der Waals surface area (Å²) in [6.07, 6.45) is 25.6. The summed E-state index contributed by atoms with van der Waals surface area (Å²) < 4.78 is 0. The smallest absolute Gasteiger partial charge is 0.132 e. The minimum atomic E-state index is -0.309. The van der Waals surface area contributed by atoms with E-state index in [1.54, 1.807) is 6.92 Å². The van der Waals surface area contributed by atoms with Gasteiger partial charge in [-0.05, 0) is 45.6 Å². The summed E-state index contributed by atoms with van der Waals surface area (Å²) in [6.45, 7) is 10.6. The van der Waals surface area contributed by atoms with E-state index in [-0.39, 0.29) is 18.1 Å². The number of ketones is 1. The Balaban J connectivity index is 4.34. The molecule has 0 bridgehead atoms. The van der Waals surface area contributed by atoms with E-state index in [1.807, 2.05) is 0 Å². The molecule has 0 aromatic heterocycles. The molecule has 0 fully saturated rings. The van der Waals surface area contributed by atoms with Crippen molar-refractivity contribution >= 4 is 5.78 Å². The lowest BCUT2D eigenvalue weighted by molar-refractivity contribution is -0.121. The molecule has 0 spiro atoms. The molecule has 0 radical (unpaired) electrons. The van der Waals surface area contributed by atoms with E-state index in [4.69, 9.17) is 0 Å². The summed E-state index contributed by atoms with van der Waals surface area (Å²) in [5.41, 5.74) is 0. The topological polar surface area (TPSA) is 60.8 Å². The van der Waals surface area contributed by atoms with Crippen LogP contribution in [0, 0.1) is 5.92 Å². The maximum absolute atomic E-state index is 11.7. The van der Waals surface area contributed by atoms with Crippen LogP contribution < -0.4 is 0 Å². The van der Waals surface area contributed by atoms with E-state index in [0.717, 1.165) is 57.9 Å². The van der Waals surface area contributed by atoms with Gasteiger partial charge in [-0.15, -0.1) is 0 Å². The van der Waals surface area contributed by atoms with E-state index in [1.165, 1.54) is 89.9 Å². The summed E-state index contributed by atoms with van der Waals surface area (Å²) in [5, 5.41) is 21.5. The van der Waals surface area contributed by atoms with Gasteiger partial charge in [-0.25, -0.2) is 0 Å². The van der Waals surface area contributed by atoms with E-state index in [0.29, 0.717) is 18.9 Å². The number of hydrogen-bond donors (Lipinski definition) is 2. The van der Waals surface area contributed by atoms with Gasteiger partial charge < -0.3 is 10.2 Å². The van der Waals surface area contributed by atoms with Crippen molar-refractivity contribution in [3.05, 3.63) is 0 Å². The first-order valence-electron chi connectivity index (χ1n) is 16.5. The molecule has 0 aliphatic heterocycles. The van der Waals surface area contributed by atoms with Crippen LogP contribution in [0.2, 0.25) is 0 Å². The fourth-order valence-corrected chi connectivity index (χ4v) is 5.48. The number of hydrogen-bond acceptors (Lipinski definition) is 4. The quantitative estimate of drug-likeness (QED) is 0.0957. The summed E-state index contributed by atoms with van der Waals surface area (Å²) in [7, 11) is 0. The third-order valence-electron chi connectivity index (χ3n) is 8.06. The first-order chi connectivity index (χ1) is 17.9. The standard InChI is InChI=1S/C33H67NO3/c1-5-8-10-12-14-16-18-20-25-32(36)28-34(27-23-22-24-31(7-3)30(4)35)29-33(37)26-21-19-17-15-13-11-9-6-2/h31-33,36-37H,5-29H2,1-4H3/t31-,32?,33?/m0/s1. The van der Waals surface area contributed by atoms with Crippen LogP contribution in [0.4, 0.5) is 0 Å². The Hall–Kier alpha value is -0.450. The molecule has 2 unspecified atom stereocenters. The molecule has 0 amide bonds.